The molecular weight excluding hydrogens is 256 g/mol. The third-order valence-corrected chi connectivity index (χ3v) is 5.25. The summed E-state index contributed by atoms with van der Waals surface area (Å²) in [5.74, 6) is 0. The van der Waals surface area contributed by atoms with Gasteiger partial charge in [-0.3, -0.25) is 4.90 Å². The number of nitrogens with zero attached hydrogens (tertiary/aromatic N) is 1. The average Bonchev–Trinajstić information content (AvgIpc) is 3.06. The first-order chi connectivity index (χ1) is 10.2. The highest BCUT2D eigenvalue weighted by molar-refractivity contribution is 5.78. The monoisotopic (exact) mass is 278 g/mol. The second-order valence-corrected chi connectivity index (χ2v) is 6.81. The van der Waals surface area contributed by atoms with Crippen molar-refractivity contribution in [3.05, 3.63) is 59.7 Å². The van der Waals surface area contributed by atoms with Crippen molar-refractivity contribution in [2.45, 2.75) is 19.4 Å². The Morgan fingerprint density at radius 3 is 2.14 bits per heavy atom. The fourth-order valence-corrected chi connectivity index (χ4v) is 3.97. The Morgan fingerprint density at radius 2 is 1.62 bits per heavy atom. The van der Waals surface area contributed by atoms with E-state index in [1.807, 2.05) is 0 Å². The van der Waals surface area contributed by atoms with E-state index in [0.29, 0.717) is 6.04 Å². The number of hydrogen-bond acceptors (Lipinski definition) is 2. The maximum absolute atomic E-state index is 5.99. The van der Waals surface area contributed by atoms with E-state index in [0.717, 1.165) is 19.6 Å². The van der Waals surface area contributed by atoms with Crippen LogP contribution in [0.4, 0.5) is 0 Å². The molecule has 2 N–H and O–H groups in total. The first kappa shape index (κ1) is 13.1. The van der Waals surface area contributed by atoms with Crippen molar-refractivity contribution >= 4 is 0 Å². The van der Waals surface area contributed by atoms with E-state index in [9.17, 15) is 0 Å². The number of rotatable bonds is 2. The minimum atomic E-state index is 0.270. The molecule has 0 saturated carbocycles. The van der Waals surface area contributed by atoms with Gasteiger partial charge in [0.25, 0.3) is 0 Å². The molecule has 108 valence electrons. The molecule has 1 heterocycles. The summed E-state index contributed by atoms with van der Waals surface area (Å²) in [4.78, 5) is 2.62. The van der Waals surface area contributed by atoms with Crippen molar-refractivity contribution in [1.82, 2.24) is 4.90 Å². The molecule has 1 unspecified atom stereocenters. The highest BCUT2D eigenvalue weighted by Crippen LogP contribution is 2.48. The zero-order valence-corrected chi connectivity index (χ0v) is 12.5. The molecule has 2 heteroatoms. The highest BCUT2D eigenvalue weighted by atomic mass is 15.2. The molecule has 0 aromatic heterocycles. The molecule has 0 amide bonds. The van der Waals surface area contributed by atoms with Gasteiger partial charge >= 0.3 is 0 Å². The third-order valence-electron chi connectivity index (χ3n) is 5.25. The van der Waals surface area contributed by atoms with Crippen LogP contribution in [0.15, 0.2) is 48.5 Å². The molecule has 1 saturated heterocycles. The van der Waals surface area contributed by atoms with E-state index >= 15 is 0 Å². The second-order valence-electron chi connectivity index (χ2n) is 6.81. The third kappa shape index (κ3) is 1.94. The molecule has 2 nitrogen and oxygen atoms in total. The van der Waals surface area contributed by atoms with Gasteiger partial charge in [0, 0.05) is 6.54 Å². The van der Waals surface area contributed by atoms with Gasteiger partial charge < -0.3 is 5.73 Å². The van der Waals surface area contributed by atoms with Crippen LogP contribution in [0.5, 0.6) is 0 Å². The predicted molar refractivity (Wildman–Crippen MR) is 87.1 cm³/mol. The fraction of sp³-hybridized carbons (Fsp3) is 0.368. The number of fused-ring (bicyclic) bond motifs is 3. The van der Waals surface area contributed by atoms with Gasteiger partial charge in [-0.25, -0.2) is 0 Å². The van der Waals surface area contributed by atoms with E-state index in [2.05, 4.69) is 60.4 Å². The summed E-state index contributed by atoms with van der Waals surface area (Å²) in [5.41, 5.74) is 12.0. The second kappa shape index (κ2) is 4.69. The molecule has 2 aliphatic rings. The smallest absolute Gasteiger partial charge is 0.0614 e. The van der Waals surface area contributed by atoms with Gasteiger partial charge in [-0.2, -0.15) is 0 Å². The minimum absolute atomic E-state index is 0.270. The Labute approximate surface area is 126 Å². The number of likely N-dealkylation sites (tertiary alicyclic amines) is 1. The summed E-state index contributed by atoms with van der Waals surface area (Å²) in [6.07, 6.45) is 1.20. The molecule has 4 rings (SSSR count). The van der Waals surface area contributed by atoms with Gasteiger partial charge in [-0.15, -0.1) is 0 Å². The van der Waals surface area contributed by atoms with Crippen LogP contribution in [0.1, 0.15) is 30.5 Å². The van der Waals surface area contributed by atoms with E-state index < -0.39 is 0 Å². The molecule has 1 fully saturated rings. The molecule has 2 aromatic carbocycles. The lowest BCUT2D eigenvalue weighted by molar-refractivity contribution is 0.243. The number of hydrogen-bond donors (Lipinski definition) is 1. The van der Waals surface area contributed by atoms with E-state index in [-0.39, 0.29) is 5.41 Å². The van der Waals surface area contributed by atoms with Gasteiger partial charge in [-0.05, 0) is 47.2 Å². The number of benzene rings is 2. The standard InChI is InChI=1S/C19H22N2/c1-19(12-20)10-11-21(13-19)18-16-8-4-2-6-14(16)15-7-3-5-9-17(15)18/h2-9,18H,10-13,20H2,1H3. The molecule has 0 radical (unpaired) electrons. The molecular formula is C19H22N2. The SMILES string of the molecule is CC1(CN)CCN(C2c3ccccc3-c3ccccc32)C1. The lowest BCUT2D eigenvalue weighted by Crippen LogP contribution is -2.33. The van der Waals surface area contributed by atoms with Crippen molar-refractivity contribution in [3.63, 3.8) is 0 Å². The quantitative estimate of drug-likeness (QED) is 0.912. The van der Waals surface area contributed by atoms with Gasteiger partial charge in [0.05, 0.1) is 6.04 Å². The van der Waals surface area contributed by atoms with Gasteiger partial charge in [0.1, 0.15) is 0 Å². The van der Waals surface area contributed by atoms with E-state index in [4.69, 9.17) is 5.73 Å². The molecule has 21 heavy (non-hydrogen) atoms. The lowest BCUT2D eigenvalue weighted by Gasteiger charge is -2.28. The number of nitrogens with two attached hydrogens (primary N) is 1. The van der Waals surface area contributed by atoms with Crippen LogP contribution in [0.25, 0.3) is 11.1 Å². The first-order valence-corrected chi connectivity index (χ1v) is 7.84. The van der Waals surface area contributed by atoms with Crippen molar-refractivity contribution in [2.75, 3.05) is 19.6 Å². The van der Waals surface area contributed by atoms with Crippen molar-refractivity contribution in [3.8, 4) is 11.1 Å². The molecule has 0 bridgehead atoms. The Bertz CT molecular complexity index is 633. The summed E-state index contributed by atoms with van der Waals surface area (Å²) in [6.45, 7) is 5.33. The van der Waals surface area contributed by atoms with Crippen molar-refractivity contribution < 1.29 is 0 Å². The highest BCUT2D eigenvalue weighted by Gasteiger charge is 2.40. The average molecular weight is 278 g/mol. The van der Waals surface area contributed by atoms with Gasteiger partial charge in [0.2, 0.25) is 0 Å². The Morgan fingerprint density at radius 1 is 1.05 bits per heavy atom. The van der Waals surface area contributed by atoms with Crippen LogP contribution in [0, 0.1) is 5.41 Å². The van der Waals surface area contributed by atoms with Gasteiger partial charge in [-0.1, -0.05) is 55.5 Å². The minimum Gasteiger partial charge on any atom is -0.330 e. The van der Waals surface area contributed by atoms with Crippen LogP contribution in [-0.4, -0.2) is 24.5 Å². The van der Waals surface area contributed by atoms with E-state index in [1.54, 1.807) is 0 Å². The molecule has 1 aliphatic carbocycles. The van der Waals surface area contributed by atoms with Crippen LogP contribution in [-0.2, 0) is 0 Å². The zero-order valence-electron chi connectivity index (χ0n) is 12.5. The first-order valence-electron chi connectivity index (χ1n) is 7.84. The zero-order chi connectivity index (χ0) is 14.4. The maximum Gasteiger partial charge on any atom is 0.0614 e. The Balaban J connectivity index is 1.79. The predicted octanol–water partition coefficient (Wildman–Crippen LogP) is 3.43. The largest absolute Gasteiger partial charge is 0.330 e. The molecule has 1 atom stereocenters. The Kier molecular flexibility index (Phi) is 2.91. The molecule has 1 aliphatic heterocycles. The molecule has 2 aromatic rings. The van der Waals surface area contributed by atoms with Crippen molar-refractivity contribution in [2.24, 2.45) is 11.1 Å². The summed E-state index contributed by atoms with van der Waals surface area (Å²) < 4.78 is 0. The van der Waals surface area contributed by atoms with Crippen LogP contribution in [0.3, 0.4) is 0 Å². The van der Waals surface area contributed by atoms with Crippen LogP contribution in [0.2, 0.25) is 0 Å². The Hall–Kier alpha value is -1.64. The summed E-state index contributed by atoms with van der Waals surface area (Å²) >= 11 is 0. The van der Waals surface area contributed by atoms with Crippen molar-refractivity contribution in [1.29, 1.82) is 0 Å². The van der Waals surface area contributed by atoms with Gasteiger partial charge in [0.15, 0.2) is 0 Å². The maximum atomic E-state index is 5.99. The summed E-state index contributed by atoms with van der Waals surface area (Å²) in [6, 6.07) is 18.1. The fourth-order valence-electron chi connectivity index (χ4n) is 3.97. The normalized spacial score (nSPS) is 25.0. The van der Waals surface area contributed by atoms with E-state index in [1.165, 1.54) is 28.7 Å². The summed E-state index contributed by atoms with van der Waals surface area (Å²) in [5, 5.41) is 0. The molecule has 0 spiro atoms. The summed E-state index contributed by atoms with van der Waals surface area (Å²) in [7, 11) is 0. The topological polar surface area (TPSA) is 29.3 Å². The van der Waals surface area contributed by atoms with Crippen LogP contribution < -0.4 is 5.73 Å². The lowest BCUT2D eigenvalue weighted by atomic mass is 9.90. The van der Waals surface area contributed by atoms with Crippen LogP contribution >= 0.6 is 0 Å².